The quantitative estimate of drug-likeness (QED) is 0.812. The van der Waals surface area contributed by atoms with Crippen molar-refractivity contribution in [2.45, 2.75) is 57.1 Å². The van der Waals surface area contributed by atoms with Crippen molar-refractivity contribution in [3.8, 4) is 0 Å². The lowest BCUT2D eigenvalue weighted by atomic mass is 9.94. The number of fused-ring (bicyclic) bond motifs is 2. The molecule has 0 bridgehead atoms. The topological polar surface area (TPSA) is 74.8 Å². The molecule has 3 amide bonds. The number of ether oxygens (including phenoxy) is 1. The Kier molecular flexibility index (Phi) is 5.00. The minimum Gasteiger partial charge on any atom is -0.366 e. The zero-order chi connectivity index (χ0) is 19.1. The number of urea groups is 1. The molecular formula is C20H28N4O3S. The van der Waals surface area contributed by atoms with Gasteiger partial charge in [0.15, 0.2) is 0 Å². The van der Waals surface area contributed by atoms with Gasteiger partial charge in [0.1, 0.15) is 6.61 Å². The highest BCUT2D eigenvalue weighted by atomic mass is 32.1. The number of likely N-dealkylation sites (tertiary alicyclic amines) is 2. The molecule has 1 aromatic heterocycles. The van der Waals surface area contributed by atoms with Crippen molar-refractivity contribution >= 4 is 23.3 Å². The summed E-state index contributed by atoms with van der Waals surface area (Å²) in [6, 6.07) is 0.0493. The van der Waals surface area contributed by atoms with Crippen LogP contribution in [0.15, 0.2) is 0 Å². The molecule has 8 heteroatoms. The van der Waals surface area contributed by atoms with E-state index in [1.165, 1.54) is 28.4 Å². The van der Waals surface area contributed by atoms with E-state index in [1.807, 2.05) is 21.1 Å². The summed E-state index contributed by atoms with van der Waals surface area (Å²) in [6.45, 7) is 3.05. The van der Waals surface area contributed by atoms with Crippen LogP contribution in [0, 0.1) is 5.92 Å². The molecule has 1 N–H and O–H groups in total. The van der Waals surface area contributed by atoms with Crippen molar-refractivity contribution in [1.82, 2.24) is 20.1 Å². The lowest BCUT2D eigenvalue weighted by molar-refractivity contribution is -0.139. The van der Waals surface area contributed by atoms with Crippen LogP contribution < -0.4 is 5.32 Å². The zero-order valence-electron chi connectivity index (χ0n) is 16.2. The van der Waals surface area contributed by atoms with Gasteiger partial charge < -0.3 is 19.9 Å². The standard InChI is InChI=1S/C20H28N4O3S/c25-18-12-27-16-6-9-24(11-15(16)21-18)20(26)23-7-4-13(5-8-23)10-19-22-14-2-1-3-17(14)28-19/h13,15-16H,1-12H2,(H,21,25). The third-order valence-corrected chi connectivity index (χ3v) is 7.76. The fraction of sp³-hybridized carbons (Fsp3) is 0.750. The summed E-state index contributed by atoms with van der Waals surface area (Å²) in [4.78, 5) is 34.8. The van der Waals surface area contributed by atoms with Gasteiger partial charge in [0.2, 0.25) is 5.91 Å². The predicted molar refractivity (Wildman–Crippen MR) is 105 cm³/mol. The maximum absolute atomic E-state index is 13.0. The van der Waals surface area contributed by atoms with Crippen molar-refractivity contribution in [2.24, 2.45) is 5.92 Å². The fourth-order valence-electron chi connectivity index (χ4n) is 4.98. The van der Waals surface area contributed by atoms with Gasteiger partial charge in [-0.25, -0.2) is 9.78 Å². The number of carbonyl (C=O) groups is 2. The molecular weight excluding hydrogens is 376 g/mol. The van der Waals surface area contributed by atoms with E-state index in [9.17, 15) is 9.59 Å². The molecule has 0 saturated carbocycles. The van der Waals surface area contributed by atoms with E-state index in [1.54, 1.807) is 0 Å². The zero-order valence-corrected chi connectivity index (χ0v) is 17.0. The fourth-order valence-corrected chi connectivity index (χ4v) is 6.25. The molecule has 0 spiro atoms. The van der Waals surface area contributed by atoms with Gasteiger partial charge >= 0.3 is 6.03 Å². The molecule has 4 aliphatic rings. The van der Waals surface area contributed by atoms with Crippen LogP contribution in [-0.2, 0) is 28.8 Å². The number of rotatable bonds is 2. The summed E-state index contributed by atoms with van der Waals surface area (Å²) in [7, 11) is 0. The molecule has 1 aromatic rings. The van der Waals surface area contributed by atoms with E-state index in [4.69, 9.17) is 9.72 Å². The van der Waals surface area contributed by atoms with E-state index in [0.717, 1.165) is 45.2 Å². The summed E-state index contributed by atoms with van der Waals surface area (Å²) in [5.74, 6) is 0.552. The summed E-state index contributed by atoms with van der Waals surface area (Å²) >= 11 is 1.91. The first-order valence-corrected chi connectivity index (χ1v) is 11.4. The Morgan fingerprint density at radius 1 is 1.18 bits per heavy atom. The van der Waals surface area contributed by atoms with Crippen LogP contribution in [0.2, 0.25) is 0 Å². The predicted octanol–water partition coefficient (Wildman–Crippen LogP) is 1.60. The first-order valence-electron chi connectivity index (χ1n) is 10.6. The van der Waals surface area contributed by atoms with Gasteiger partial charge in [-0.1, -0.05) is 0 Å². The molecule has 5 rings (SSSR count). The Bertz CT molecular complexity index is 737. The van der Waals surface area contributed by atoms with Crippen LogP contribution in [0.5, 0.6) is 0 Å². The number of aryl methyl sites for hydroxylation is 2. The number of morpholine rings is 1. The summed E-state index contributed by atoms with van der Waals surface area (Å²) in [6.07, 6.45) is 7.64. The Balaban J connectivity index is 1.12. The van der Waals surface area contributed by atoms with Gasteiger partial charge in [-0.15, -0.1) is 11.3 Å². The second kappa shape index (κ2) is 7.63. The molecule has 1 aliphatic carbocycles. The van der Waals surface area contributed by atoms with E-state index < -0.39 is 0 Å². The van der Waals surface area contributed by atoms with Crippen molar-refractivity contribution in [3.05, 3.63) is 15.6 Å². The van der Waals surface area contributed by atoms with Gasteiger partial charge in [-0.05, 0) is 44.4 Å². The minimum atomic E-state index is -0.0791. The molecule has 3 aliphatic heterocycles. The molecule has 2 atom stereocenters. The van der Waals surface area contributed by atoms with E-state index in [2.05, 4.69) is 5.32 Å². The number of nitrogens with zero attached hydrogens (tertiary/aromatic N) is 3. The molecule has 2 unspecified atom stereocenters. The SMILES string of the molecule is O=C1COC2CCN(C(=O)N3CCC(Cc4nc5c(s4)CCC5)CC3)CC2N1. The summed E-state index contributed by atoms with van der Waals surface area (Å²) < 4.78 is 5.59. The van der Waals surface area contributed by atoms with Crippen LogP contribution in [0.3, 0.4) is 0 Å². The maximum atomic E-state index is 13.0. The van der Waals surface area contributed by atoms with Crippen LogP contribution in [0.4, 0.5) is 4.79 Å². The first-order chi connectivity index (χ1) is 13.7. The Morgan fingerprint density at radius 2 is 2.00 bits per heavy atom. The van der Waals surface area contributed by atoms with Crippen molar-refractivity contribution < 1.29 is 14.3 Å². The number of hydrogen-bond acceptors (Lipinski definition) is 5. The molecule has 3 fully saturated rings. The second-order valence-corrected chi connectivity index (χ2v) is 9.67. The summed E-state index contributed by atoms with van der Waals surface area (Å²) in [5.41, 5.74) is 1.34. The number of piperidine rings is 2. The van der Waals surface area contributed by atoms with Crippen molar-refractivity contribution in [1.29, 1.82) is 0 Å². The smallest absolute Gasteiger partial charge is 0.320 e. The lowest BCUT2D eigenvalue weighted by Gasteiger charge is -2.43. The van der Waals surface area contributed by atoms with Gasteiger partial charge in [0.05, 0.1) is 22.8 Å². The number of hydrogen-bond donors (Lipinski definition) is 1. The molecule has 28 heavy (non-hydrogen) atoms. The number of amides is 3. The number of thiazole rings is 1. The Morgan fingerprint density at radius 3 is 2.82 bits per heavy atom. The average molecular weight is 405 g/mol. The normalized spacial score (nSPS) is 28.1. The average Bonchev–Trinajstić information content (AvgIpc) is 3.29. The molecule has 4 heterocycles. The Labute approximate surface area is 169 Å². The molecule has 152 valence electrons. The van der Waals surface area contributed by atoms with Gasteiger partial charge in [0, 0.05) is 37.5 Å². The number of aromatic nitrogens is 1. The lowest BCUT2D eigenvalue weighted by Crippen LogP contribution is -2.62. The minimum absolute atomic E-state index is 0.0485. The van der Waals surface area contributed by atoms with Gasteiger partial charge in [-0.3, -0.25) is 4.79 Å². The highest BCUT2D eigenvalue weighted by Crippen LogP contribution is 2.31. The summed E-state index contributed by atoms with van der Waals surface area (Å²) in [5, 5.41) is 4.27. The van der Waals surface area contributed by atoms with Gasteiger partial charge in [0.25, 0.3) is 0 Å². The van der Waals surface area contributed by atoms with Gasteiger partial charge in [-0.2, -0.15) is 0 Å². The van der Waals surface area contributed by atoms with E-state index in [0.29, 0.717) is 19.0 Å². The van der Waals surface area contributed by atoms with Crippen LogP contribution in [0.25, 0.3) is 0 Å². The van der Waals surface area contributed by atoms with Crippen LogP contribution in [-0.4, -0.2) is 71.7 Å². The highest BCUT2D eigenvalue weighted by Gasteiger charge is 2.38. The molecule has 0 aromatic carbocycles. The largest absolute Gasteiger partial charge is 0.366 e. The molecule has 3 saturated heterocycles. The second-order valence-electron chi connectivity index (χ2n) is 8.51. The molecule has 0 radical (unpaired) electrons. The van der Waals surface area contributed by atoms with Crippen molar-refractivity contribution in [2.75, 3.05) is 32.8 Å². The first kappa shape index (κ1) is 18.4. The highest BCUT2D eigenvalue weighted by molar-refractivity contribution is 7.11. The van der Waals surface area contributed by atoms with Crippen molar-refractivity contribution in [3.63, 3.8) is 0 Å². The monoisotopic (exact) mass is 404 g/mol. The third-order valence-electron chi connectivity index (χ3n) is 6.58. The number of carbonyl (C=O) groups excluding carboxylic acids is 2. The third kappa shape index (κ3) is 3.64. The Hall–Kier alpha value is -1.67. The van der Waals surface area contributed by atoms with Crippen LogP contribution >= 0.6 is 11.3 Å². The molecule has 7 nitrogen and oxygen atoms in total. The van der Waals surface area contributed by atoms with E-state index in [-0.39, 0.29) is 30.7 Å². The van der Waals surface area contributed by atoms with Crippen LogP contribution in [0.1, 0.15) is 41.3 Å². The number of nitrogens with one attached hydrogen (secondary N) is 1. The van der Waals surface area contributed by atoms with E-state index >= 15 is 0 Å². The maximum Gasteiger partial charge on any atom is 0.320 e.